The second-order valence-corrected chi connectivity index (χ2v) is 5.93. The summed E-state index contributed by atoms with van der Waals surface area (Å²) < 4.78 is 16.0. The third-order valence-electron chi connectivity index (χ3n) is 4.09. The topological polar surface area (TPSA) is 65.7 Å². The van der Waals surface area contributed by atoms with E-state index in [0.29, 0.717) is 16.9 Å². The van der Waals surface area contributed by atoms with Gasteiger partial charge < -0.3 is 13.9 Å². The molecular weight excluding hydrogens is 332 g/mol. The molecule has 0 saturated carbocycles. The summed E-state index contributed by atoms with van der Waals surface area (Å²) in [5, 5.41) is 0.869. The normalized spacial score (nSPS) is 11.9. The van der Waals surface area contributed by atoms with Gasteiger partial charge in [0.15, 0.2) is 0 Å². The van der Waals surface area contributed by atoms with Gasteiger partial charge >= 0.3 is 11.6 Å². The molecule has 3 rings (SSSR count). The molecule has 0 spiro atoms. The Kier molecular flexibility index (Phi) is 5.37. The number of carbonyl (C=O) groups excluding carboxylic acids is 1. The number of carbonyl (C=O) groups is 1. The quantitative estimate of drug-likeness (QED) is 0.495. The number of fused-ring (bicyclic) bond motifs is 1. The number of esters is 1. The second kappa shape index (κ2) is 7.87. The molecule has 0 aliphatic rings. The molecular formula is C21H20O5. The van der Waals surface area contributed by atoms with Crippen molar-refractivity contribution in [3.8, 4) is 5.75 Å². The second-order valence-electron chi connectivity index (χ2n) is 5.93. The Hall–Kier alpha value is -3.08. The summed E-state index contributed by atoms with van der Waals surface area (Å²) in [7, 11) is 1.32. The molecule has 5 nitrogen and oxygen atoms in total. The molecule has 0 aliphatic carbocycles. The van der Waals surface area contributed by atoms with Gasteiger partial charge in [0.1, 0.15) is 11.3 Å². The predicted molar refractivity (Wildman–Crippen MR) is 98.3 cm³/mol. The van der Waals surface area contributed by atoms with Gasteiger partial charge in [-0.1, -0.05) is 43.7 Å². The lowest BCUT2D eigenvalue weighted by Crippen LogP contribution is -2.20. The van der Waals surface area contributed by atoms with Crippen LogP contribution in [-0.4, -0.2) is 13.1 Å². The van der Waals surface area contributed by atoms with Gasteiger partial charge in [-0.3, -0.25) is 0 Å². The number of ether oxygens (including phenoxy) is 2. The van der Waals surface area contributed by atoms with E-state index in [4.69, 9.17) is 13.9 Å². The zero-order chi connectivity index (χ0) is 18.5. The number of rotatable bonds is 6. The highest BCUT2D eigenvalue weighted by molar-refractivity contribution is 5.82. The van der Waals surface area contributed by atoms with Crippen molar-refractivity contribution in [2.75, 3.05) is 7.11 Å². The lowest BCUT2D eigenvalue weighted by atomic mass is 10.1. The van der Waals surface area contributed by atoms with Crippen LogP contribution in [-0.2, 0) is 16.0 Å². The standard InChI is InChI=1S/C21H20O5/c1-3-7-15-12-19(22)26-18-13-16(10-11-17(15)18)25-20(21(23)24-2)14-8-5-4-6-9-14/h4-6,8-13,20H,3,7H2,1-2H3/t20-/m1/s1. The molecule has 1 aromatic heterocycles. The molecule has 0 radical (unpaired) electrons. The van der Waals surface area contributed by atoms with Crippen LogP contribution in [0.1, 0.15) is 30.6 Å². The number of methoxy groups -OCH3 is 1. The number of hydrogen-bond acceptors (Lipinski definition) is 5. The Labute approximate surface area is 151 Å². The van der Waals surface area contributed by atoms with Crippen LogP contribution in [0.25, 0.3) is 11.0 Å². The van der Waals surface area contributed by atoms with Gasteiger partial charge in [-0.2, -0.15) is 0 Å². The van der Waals surface area contributed by atoms with Crippen molar-refractivity contribution >= 4 is 16.9 Å². The van der Waals surface area contributed by atoms with E-state index in [2.05, 4.69) is 6.92 Å². The fourth-order valence-corrected chi connectivity index (χ4v) is 2.88. The predicted octanol–water partition coefficient (Wildman–Crippen LogP) is 4.04. The SMILES string of the molecule is CCCc1cc(=O)oc2cc(O[C@@H](C(=O)OC)c3ccccc3)ccc12. The van der Waals surface area contributed by atoms with Crippen molar-refractivity contribution in [2.24, 2.45) is 0 Å². The van der Waals surface area contributed by atoms with Gasteiger partial charge in [0, 0.05) is 23.1 Å². The molecule has 134 valence electrons. The van der Waals surface area contributed by atoms with Crippen molar-refractivity contribution in [3.05, 3.63) is 76.1 Å². The summed E-state index contributed by atoms with van der Waals surface area (Å²) in [6.45, 7) is 2.05. The van der Waals surface area contributed by atoms with Gasteiger partial charge in [-0.15, -0.1) is 0 Å². The Morgan fingerprint density at radius 1 is 1.12 bits per heavy atom. The fourth-order valence-electron chi connectivity index (χ4n) is 2.88. The smallest absolute Gasteiger partial charge is 0.351 e. The summed E-state index contributed by atoms with van der Waals surface area (Å²) in [5.74, 6) is -0.0777. The van der Waals surface area contributed by atoms with Crippen LogP contribution in [0.3, 0.4) is 0 Å². The molecule has 0 bridgehead atoms. The zero-order valence-electron chi connectivity index (χ0n) is 14.7. The van der Waals surface area contributed by atoms with E-state index in [1.165, 1.54) is 13.2 Å². The molecule has 3 aromatic rings. The molecule has 1 heterocycles. The van der Waals surface area contributed by atoms with Gasteiger partial charge in [-0.05, 0) is 24.1 Å². The molecule has 0 aliphatic heterocycles. The van der Waals surface area contributed by atoms with Crippen LogP contribution >= 0.6 is 0 Å². The van der Waals surface area contributed by atoms with Crippen LogP contribution in [0, 0.1) is 0 Å². The lowest BCUT2D eigenvalue weighted by Gasteiger charge is -2.17. The third kappa shape index (κ3) is 3.77. The minimum atomic E-state index is -0.899. The molecule has 0 unspecified atom stereocenters. The number of benzene rings is 2. The monoisotopic (exact) mass is 352 g/mol. The van der Waals surface area contributed by atoms with E-state index >= 15 is 0 Å². The largest absolute Gasteiger partial charge is 0.474 e. The van der Waals surface area contributed by atoms with E-state index < -0.39 is 17.7 Å². The first-order valence-corrected chi connectivity index (χ1v) is 8.48. The maximum absolute atomic E-state index is 12.2. The average molecular weight is 352 g/mol. The summed E-state index contributed by atoms with van der Waals surface area (Å²) >= 11 is 0. The molecule has 0 amide bonds. The van der Waals surface area contributed by atoms with Crippen LogP contribution in [0.5, 0.6) is 5.75 Å². The van der Waals surface area contributed by atoms with E-state index in [0.717, 1.165) is 23.8 Å². The van der Waals surface area contributed by atoms with Crippen molar-refractivity contribution in [1.82, 2.24) is 0 Å². The lowest BCUT2D eigenvalue weighted by molar-refractivity contribution is -0.149. The Bertz CT molecular complexity index is 959. The van der Waals surface area contributed by atoms with Crippen LogP contribution in [0.2, 0.25) is 0 Å². The van der Waals surface area contributed by atoms with Gasteiger partial charge in [-0.25, -0.2) is 9.59 Å². The van der Waals surface area contributed by atoms with Crippen molar-refractivity contribution < 1.29 is 18.7 Å². The van der Waals surface area contributed by atoms with Crippen molar-refractivity contribution in [3.63, 3.8) is 0 Å². The molecule has 5 heteroatoms. The minimum Gasteiger partial charge on any atom is -0.474 e. The summed E-state index contributed by atoms with van der Waals surface area (Å²) in [6, 6.07) is 15.9. The molecule has 0 fully saturated rings. The van der Waals surface area contributed by atoms with Crippen molar-refractivity contribution in [2.45, 2.75) is 25.9 Å². The van der Waals surface area contributed by atoms with Crippen LogP contribution < -0.4 is 10.4 Å². The maximum atomic E-state index is 12.2. The number of aryl methyl sites for hydroxylation is 1. The molecule has 0 N–H and O–H groups in total. The highest BCUT2D eigenvalue weighted by Crippen LogP contribution is 2.28. The fraction of sp³-hybridized carbons (Fsp3) is 0.238. The molecule has 2 aromatic carbocycles. The first-order chi connectivity index (χ1) is 12.6. The minimum absolute atomic E-state index is 0.398. The Morgan fingerprint density at radius 2 is 1.88 bits per heavy atom. The third-order valence-corrected chi connectivity index (χ3v) is 4.09. The first-order valence-electron chi connectivity index (χ1n) is 8.48. The van der Waals surface area contributed by atoms with Gasteiger partial charge in [0.05, 0.1) is 7.11 Å². The highest BCUT2D eigenvalue weighted by atomic mass is 16.6. The maximum Gasteiger partial charge on any atom is 0.351 e. The van der Waals surface area contributed by atoms with Crippen LogP contribution in [0.15, 0.2) is 63.8 Å². The highest BCUT2D eigenvalue weighted by Gasteiger charge is 2.23. The van der Waals surface area contributed by atoms with E-state index in [9.17, 15) is 9.59 Å². The summed E-state index contributed by atoms with van der Waals surface area (Å²) in [5.41, 5.74) is 1.67. The molecule has 0 saturated heterocycles. The zero-order valence-corrected chi connectivity index (χ0v) is 14.7. The Morgan fingerprint density at radius 3 is 2.58 bits per heavy atom. The van der Waals surface area contributed by atoms with Gasteiger partial charge in [0.25, 0.3) is 0 Å². The Balaban J connectivity index is 1.99. The van der Waals surface area contributed by atoms with Crippen LogP contribution in [0.4, 0.5) is 0 Å². The summed E-state index contributed by atoms with van der Waals surface area (Å²) in [4.78, 5) is 24.0. The average Bonchev–Trinajstić information content (AvgIpc) is 2.66. The van der Waals surface area contributed by atoms with E-state index in [-0.39, 0.29) is 0 Å². The van der Waals surface area contributed by atoms with Crippen molar-refractivity contribution in [1.29, 1.82) is 0 Å². The molecule has 1 atom stereocenters. The van der Waals surface area contributed by atoms with E-state index in [1.807, 2.05) is 24.3 Å². The van der Waals surface area contributed by atoms with E-state index in [1.54, 1.807) is 24.3 Å². The van der Waals surface area contributed by atoms with Gasteiger partial charge in [0.2, 0.25) is 6.10 Å². The molecule has 26 heavy (non-hydrogen) atoms. The number of hydrogen-bond donors (Lipinski definition) is 0. The first kappa shape index (κ1) is 17.7. The summed E-state index contributed by atoms with van der Waals surface area (Å²) in [6.07, 6.45) is 0.816.